The Kier molecular flexibility index (Phi) is 5.42. The molecule has 0 radical (unpaired) electrons. The van der Waals surface area contributed by atoms with E-state index in [1.807, 2.05) is 31.2 Å². The van der Waals surface area contributed by atoms with Crippen LogP contribution >= 0.6 is 0 Å². The van der Waals surface area contributed by atoms with E-state index >= 15 is 0 Å². The van der Waals surface area contributed by atoms with E-state index in [1.54, 1.807) is 40.0 Å². The molecular formula is C25H24FN5O2. The van der Waals surface area contributed by atoms with Crippen molar-refractivity contribution in [2.24, 2.45) is 0 Å². The molecule has 3 heterocycles. The summed E-state index contributed by atoms with van der Waals surface area (Å²) in [5.41, 5.74) is 3.93. The number of hydrogen-bond donors (Lipinski definition) is 0. The number of carbonyl (C=O) groups is 1. The molecule has 0 spiro atoms. The van der Waals surface area contributed by atoms with Crippen LogP contribution in [-0.4, -0.2) is 51.2 Å². The number of rotatable bonds is 4. The van der Waals surface area contributed by atoms with Gasteiger partial charge in [-0.2, -0.15) is 5.10 Å². The molecular weight excluding hydrogens is 421 g/mol. The number of piperazine rings is 1. The minimum atomic E-state index is -0.265. The molecule has 0 N–H and O–H groups in total. The van der Waals surface area contributed by atoms with Gasteiger partial charge in [0.2, 0.25) is 5.91 Å². The van der Waals surface area contributed by atoms with Crippen molar-refractivity contribution in [3.05, 3.63) is 88.7 Å². The number of halogens is 1. The van der Waals surface area contributed by atoms with Crippen LogP contribution in [0.5, 0.6) is 0 Å². The van der Waals surface area contributed by atoms with E-state index in [4.69, 9.17) is 0 Å². The summed E-state index contributed by atoms with van der Waals surface area (Å²) in [6.07, 6.45) is 3.31. The fraction of sp³-hybridized carbons (Fsp3) is 0.240. The predicted octanol–water partition coefficient (Wildman–Crippen LogP) is 2.96. The zero-order chi connectivity index (χ0) is 22.9. The molecule has 7 nitrogen and oxygen atoms in total. The van der Waals surface area contributed by atoms with E-state index < -0.39 is 0 Å². The van der Waals surface area contributed by atoms with Gasteiger partial charge in [-0.15, -0.1) is 0 Å². The van der Waals surface area contributed by atoms with Crippen molar-refractivity contribution in [2.45, 2.75) is 13.5 Å². The molecule has 5 rings (SSSR count). The lowest BCUT2D eigenvalue weighted by Crippen LogP contribution is -2.50. The minimum absolute atomic E-state index is 0.0169. The first-order valence-corrected chi connectivity index (χ1v) is 10.9. The van der Waals surface area contributed by atoms with Crippen LogP contribution in [0, 0.1) is 12.7 Å². The Balaban J connectivity index is 1.28. The number of aryl methyl sites for hydroxylation is 1. The molecule has 168 valence electrons. The van der Waals surface area contributed by atoms with Gasteiger partial charge in [0.1, 0.15) is 17.9 Å². The zero-order valence-corrected chi connectivity index (χ0v) is 18.3. The summed E-state index contributed by atoms with van der Waals surface area (Å²) in [5, 5.41) is 4.51. The highest BCUT2D eigenvalue weighted by Gasteiger charge is 2.22. The first-order chi connectivity index (χ1) is 16.0. The van der Waals surface area contributed by atoms with Crippen LogP contribution in [0.2, 0.25) is 0 Å². The van der Waals surface area contributed by atoms with Crippen LogP contribution in [0.15, 0.2) is 71.8 Å². The molecule has 2 aromatic heterocycles. The Bertz CT molecular complexity index is 1350. The highest BCUT2D eigenvalue weighted by atomic mass is 19.1. The van der Waals surface area contributed by atoms with Gasteiger partial charge in [0.25, 0.3) is 5.56 Å². The van der Waals surface area contributed by atoms with Crippen molar-refractivity contribution in [1.29, 1.82) is 0 Å². The maximum Gasteiger partial charge on any atom is 0.277 e. The summed E-state index contributed by atoms with van der Waals surface area (Å²) in [6, 6.07) is 16.1. The lowest BCUT2D eigenvalue weighted by Gasteiger charge is -2.36. The van der Waals surface area contributed by atoms with Gasteiger partial charge < -0.3 is 14.4 Å². The molecule has 1 fully saturated rings. The number of aromatic nitrogens is 3. The standard InChI is InChI=1S/C25H24FN5O2/c1-18-2-4-19(5-3-18)22-16-23-25(33)30(14-15-31(23)27-22)17-24(32)29-12-10-28(11-13-29)21-8-6-20(26)7-9-21/h2-9,14-16H,10-13,17H2,1H3. The maximum absolute atomic E-state index is 13.2. The van der Waals surface area contributed by atoms with Gasteiger partial charge >= 0.3 is 0 Å². The Morgan fingerprint density at radius 2 is 1.67 bits per heavy atom. The van der Waals surface area contributed by atoms with E-state index in [0.29, 0.717) is 37.4 Å². The fourth-order valence-corrected chi connectivity index (χ4v) is 4.13. The Labute approximate surface area is 190 Å². The molecule has 2 aromatic carbocycles. The van der Waals surface area contributed by atoms with Gasteiger partial charge in [-0.25, -0.2) is 8.91 Å². The van der Waals surface area contributed by atoms with Crippen LogP contribution in [0.25, 0.3) is 16.8 Å². The van der Waals surface area contributed by atoms with Gasteiger partial charge in [-0.05, 0) is 37.3 Å². The summed E-state index contributed by atoms with van der Waals surface area (Å²) in [7, 11) is 0. The number of carbonyl (C=O) groups excluding carboxylic acids is 1. The molecule has 0 bridgehead atoms. The second-order valence-corrected chi connectivity index (χ2v) is 8.30. The summed E-state index contributed by atoms with van der Waals surface area (Å²) >= 11 is 0. The summed E-state index contributed by atoms with van der Waals surface area (Å²) in [4.78, 5) is 29.8. The molecule has 33 heavy (non-hydrogen) atoms. The van der Waals surface area contributed by atoms with Crippen LogP contribution < -0.4 is 10.5 Å². The van der Waals surface area contributed by atoms with Crippen LogP contribution in [0.4, 0.5) is 10.1 Å². The predicted molar refractivity (Wildman–Crippen MR) is 125 cm³/mol. The fourth-order valence-electron chi connectivity index (χ4n) is 4.13. The quantitative estimate of drug-likeness (QED) is 0.485. The van der Waals surface area contributed by atoms with Crippen LogP contribution in [0.1, 0.15) is 5.56 Å². The second-order valence-electron chi connectivity index (χ2n) is 8.30. The lowest BCUT2D eigenvalue weighted by atomic mass is 10.1. The highest BCUT2D eigenvalue weighted by molar-refractivity contribution is 5.76. The molecule has 0 atom stereocenters. The van der Waals surface area contributed by atoms with Gasteiger partial charge in [-0.1, -0.05) is 29.8 Å². The molecule has 1 aliphatic heterocycles. The molecule has 0 unspecified atom stereocenters. The van der Waals surface area contributed by atoms with Crippen molar-refractivity contribution >= 4 is 17.1 Å². The van der Waals surface area contributed by atoms with Gasteiger partial charge in [-0.3, -0.25) is 9.59 Å². The summed E-state index contributed by atoms with van der Waals surface area (Å²) in [6.45, 7) is 4.43. The topological polar surface area (TPSA) is 62.9 Å². The van der Waals surface area contributed by atoms with E-state index in [-0.39, 0.29) is 23.8 Å². The third-order valence-electron chi connectivity index (χ3n) is 6.08. The summed E-state index contributed by atoms with van der Waals surface area (Å²) in [5.74, 6) is -0.363. The normalized spacial score (nSPS) is 14.1. The van der Waals surface area contributed by atoms with E-state index in [2.05, 4.69) is 10.00 Å². The number of amides is 1. The average Bonchev–Trinajstić information content (AvgIpc) is 3.27. The highest BCUT2D eigenvalue weighted by Crippen LogP contribution is 2.19. The van der Waals surface area contributed by atoms with Gasteiger partial charge in [0.05, 0.1) is 5.69 Å². The van der Waals surface area contributed by atoms with Crippen LogP contribution in [0.3, 0.4) is 0 Å². The zero-order valence-electron chi connectivity index (χ0n) is 18.3. The molecule has 4 aromatic rings. The molecule has 0 saturated carbocycles. The molecule has 8 heteroatoms. The number of fused-ring (bicyclic) bond motifs is 1. The lowest BCUT2D eigenvalue weighted by molar-refractivity contribution is -0.132. The Morgan fingerprint density at radius 3 is 2.36 bits per heavy atom. The summed E-state index contributed by atoms with van der Waals surface area (Å²) < 4.78 is 16.1. The van der Waals surface area contributed by atoms with Crippen molar-refractivity contribution in [1.82, 2.24) is 19.1 Å². The smallest absolute Gasteiger partial charge is 0.277 e. The monoisotopic (exact) mass is 445 g/mol. The Morgan fingerprint density at radius 1 is 0.970 bits per heavy atom. The first kappa shape index (κ1) is 20.9. The number of anilines is 1. The van der Waals surface area contributed by atoms with Crippen LogP contribution in [-0.2, 0) is 11.3 Å². The van der Waals surface area contributed by atoms with Gasteiger partial charge in [0, 0.05) is 49.8 Å². The van der Waals surface area contributed by atoms with Crippen molar-refractivity contribution < 1.29 is 9.18 Å². The first-order valence-electron chi connectivity index (χ1n) is 10.9. The second kappa shape index (κ2) is 8.54. The number of benzene rings is 2. The number of nitrogens with zero attached hydrogens (tertiary/aromatic N) is 5. The minimum Gasteiger partial charge on any atom is -0.368 e. The van der Waals surface area contributed by atoms with Gasteiger partial charge in [0.15, 0.2) is 0 Å². The SMILES string of the molecule is Cc1ccc(-c2cc3c(=O)n(CC(=O)N4CCN(c5ccc(F)cc5)CC4)ccn3n2)cc1. The average molecular weight is 445 g/mol. The number of hydrogen-bond acceptors (Lipinski definition) is 4. The van der Waals surface area contributed by atoms with Crippen molar-refractivity contribution in [3.63, 3.8) is 0 Å². The molecule has 0 aliphatic carbocycles. The third-order valence-corrected chi connectivity index (χ3v) is 6.08. The maximum atomic E-state index is 13.2. The van der Waals surface area contributed by atoms with E-state index in [0.717, 1.165) is 16.8 Å². The van der Waals surface area contributed by atoms with Crippen molar-refractivity contribution in [3.8, 4) is 11.3 Å². The molecule has 1 saturated heterocycles. The van der Waals surface area contributed by atoms with E-state index in [1.165, 1.54) is 16.7 Å². The third kappa shape index (κ3) is 4.24. The largest absolute Gasteiger partial charge is 0.368 e. The Hall–Kier alpha value is -3.94. The molecule has 1 amide bonds. The molecule has 1 aliphatic rings. The van der Waals surface area contributed by atoms with E-state index in [9.17, 15) is 14.0 Å². The van der Waals surface area contributed by atoms with Crippen molar-refractivity contribution in [2.75, 3.05) is 31.1 Å².